The van der Waals surface area contributed by atoms with Gasteiger partial charge in [-0.2, -0.15) is 0 Å². The molecule has 0 aromatic rings. The average Bonchev–Trinajstić information content (AvgIpc) is 3.43. The van der Waals surface area contributed by atoms with Crippen molar-refractivity contribution >= 4 is 11.9 Å². The maximum Gasteiger partial charge on any atom is 0.306 e. The number of ether oxygens (including phenoxy) is 6. The summed E-state index contributed by atoms with van der Waals surface area (Å²) in [5.74, 6) is -0.998. The van der Waals surface area contributed by atoms with Gasteiger partial charge in [0, 0.05) is 12.8 Å². The molecule has 2 aliphatic rings. The molecular weight excluding hydrogens is 997 g/mol. The van der Waals surface area contributed by atoms with Crippen LogP contribution in [-0.2, 0) is 38.0 Å². The fraction of sp³-hybridized carbons (Fsp3) is 0.778. The standard InChI is InChI=1S/C63H108O15/c1-3-5-7-9-11-13-15-17-19-21-23-24-25-26-28-30-32-34-36-38-40-42-44-46-55(66)76-51(48-73-54(65)45-43-41-39-37-35-33-31-29-27-22-20-18-16-14-12-10-8-6-4-2)49-74-62-61(72)59(70)57(68)53(78-62)50-75-63-60(71)58(69)56(67)52(47-64)77-63/h6,8,12,14,18,20,27,29,33,35,38,40,51-53,56-64,67-72H,3-5,7,9-11,13,15-17,19,21-26,28,30-32,34,36-37,39,41-50H2,1-2H3/b8-6+,14-12+,20-18+,29-27+,35-33+,40-38+/t51-,52+,53+,56-,57-,58?,59?,60?,61?,62+,63+/m1/s1. The lowest BCUT2D eigenvalue weighted by molar-refractivity contribution is -0.332. The Bertz CT molecular complexity index is 1630. The lowest BCUT2D eigenvalue weighted by Gasteiger charge is -2.42. The molecule has 2 rings (SSSR count). The average molecular weight is 1110 g/mol. The van der Waals surface area contributed by atoms with E-state index in [4.69, 9.17) is 28.4 Å². The van der Waals surface area contributed by atoms with Gasteiger partial charge in [-0.3, -0.25) is 9.59 Å². The first kappa shape index (κ1) is 71.0. The van der Waals surface area contributed by atoms with Crippen molar-refractivity contribution in [2.75, 3.05) is 26.4 Å². The highest BCUT2D eigenvalue weighted by atomic mass is 16.7. The van der Waals surface area contributed by atoms with E-state index in [-0.39, 0.29) is 19.4 Å². The molecule has 15 heteroatoms. The minimum atomic E-state index is -1.78. The van der Waals surface area contributed by atoms with Crippen molar-refractivity contribution in [2.45, 2.75) is 287 Å². The van der Waals surface area contributed by atoms with Crippen molar-refractivity contribution in [1.29, 1.82) is 0 Å². The second-order valence-electron chi connectivity index (χ2n) is 21.1. The van der Waals surface area contributed by atoms with Crippen molar-refractivity contribution in [3.05, 3.63) is 72.9 Å². The summed E-state index contributed by atoms with van der Waals surface area (Å²) >= 11 is 0. The maximum absolute atomic E-state index is 13.1. The number of hydrogen-bond donors (Lipinski definition) is 7. The Morgan fingerprint density at radius 1 is 0.423 bits per heavy atom. The minimum Gasteiger partial charge on any atom is -0.462 e. The number of carbonyl (C=O) groups excluding carboxylic acids is 2. The van der Waals surface area contributed by atoms with E-state index in [0.717, 1.165) is 64.2 Å². The van der Waals surface area contributed by atoms with Gasteiger partial charge in [-0.05, 0) is 77.0 Å². The van der Waals surface area contributed by atoms with E-state index in [2.05, 4.69) is 86.8 Å². The van der Waals surface area contributed by atoms with E-state index in [1.54, 1.807) is 0 Å². The highest BCUT2D eigenvalue weighted by molar-refractivity contribution is 5.70. The molecule has 2 aliphatic heterocycles. The van der Waals surface area contributed by atoms with Crippen LogP contribution in [0.3, 0.4) is 0 Å². The summed E-state index contributed by atoms with van der Waals surface area (Å²) in [5, 5.41) is 72.4. The number of aliphatic hydroxyl groups excluding tert-OH is 7. The van der Waals surface area contributed by atoms with Gasteiger partial charge in [0.25, 0.3) is 0 Å². The maximum atomic E-state index is 13.1. The van der Waals surface area contributed by atoms with Gasteiger partial charge in [0.1, 0.15) is 55.4 Å². The summed E-state index contributed by atoms with van der Waals surface area (Å²) in [6.45, 7) is 2.44. The number of carbonyl (C=O) groups is 2. The fourth-order valence-corrected chi connectivity index (χ4v) is 9.25. The van der Waals surface area contributed by atoms with Crippen molar-refractivity contribution in [1.82, 2.24) is 0 Å². The first-order valence-corrected chi connectivity index (χ1v) is 30.5. The number of allylic oxidation sites excluding steroid dienone is 12. The van der Waals surface area contributed by atoms with E-state index >= 15 is 0 Å². The van der Waals surface area contributed by atoms with E-state index in [1.807, 2.05) is 0 Å². The number of aliphatic hydroxyl groups is 7. The van der Waals surface area contributed by atoms with Crippen molar-refractivity contribution in [2.24, 2.45) is 0 Å². The first-order valence-electron chi connectivity index (χ1n) is 30.5. The molecule has 0 amide bonds. The highest BCUT2D eigenvalue weighted by Gasteiger charge is 2.47. The second-order valence-corrected chi connectivity index (χ2v) is 21.1. The van der Waals surface area contributed by atoms with Crippen LogP contribution in [-0.4, -0.2) is 142 Å². The number of unbranched alkanes of at least 4 members (excludes halogenated alkanes) is 22. The van der Waals surface area contributed by atoms with Gasteiger partial charge in [0.15, 0.2) is 18.7 Å². The lowest BCUT2D eigenvalue weighted by Crippen LogP contribution is -2.61. The van der Waals surface area contributed by atoms with Crippen LogP contribution in [0.2, 0.25) is 0 Å². The van der Waals surface area contributed by atoms with Gasteiger partial charge in [-0.1, -0.05) is 202 Å². The molecule has 0 aromatic carbocycles. The van der Waals surface area contributed by atoms with E-state index < -0.39 is 99.3 Å². The van der Waals surface area contributed by atoms with E-state index in [1.165, 1.54) is 109 Å². The molecule has 15 nitrogen and oxygen atoms in total. The zero-order chi connectivity index (χ0) is 56.7. The zero-order valence-electron chi connectivity index (χ0n) is 48.1. The largest absolute Gasteiger partial charge is 0.462 e. The predicted molar refractivity (Wildman–Crippen MR) is 307 cm³/mol. The van der Waals surface area contributed by atoms with Crippen LogP contribution in [0.1, 0.15) is 219 Å². The molecule has 0 bridgehead atoms. The summed E-state index contributed by atoms with van der Waals surface area (Å²) in [4.78, 5) is 25.9. The number of rotatable bonds is 48. The Labute approximate surface area is 470 Å². The van der Waals surface area contributed by atoms with Crippen LogP contribution in [0.4, 0.5) is 0 Å². The van der Waals surface area contributed by atoms with Gasteiger partial charge in [-0.15, -0.1) is 0 Å². The molecule has 2 saturated heterocycles. The van der Waals surface area contributed by atoms with Crippen LogP contribution in [0.25, 0.3) is 0 Å². The molecule has 0 saturated carbocycles. The topological polar surface area (TPSA) is 231 Å². The van der Waals surface area contributed by atoms with E-state index in [9.17, 15) is 45.3 Å². The predicted octanol–water partition coefficient (Wildman–Crippen LogP) is 10.9. The fourth-order valence-electron chi connectivity index (χ4n) is 9.25. The third-order valence-corrected chi connectivity index (χ3v) is 14.2. The molecule has 0 aliphatic carbocycles. The second kappa shape index (κ2) is 48.6. The smallest absolute Gasteiger partial charge is 0.306 e. The summed E-state index contributed by atoms with van der Waals surface area (Å²) in [6.07, 6.45) is 43.6. The Morgan fingerprint density at radius 3 is 1.32 bits per heavy atom. The lowest BCUT2D eigenvalue weighted by atomic mass is 9.98. The van der Waals surface area contributed by atoms with Crippen LogP contribution in [0.5, 0.6) is 0 Å². The van der Waals surface area contributed by atoms with Gasteiger partial charge in [0.2, 0.25) is 0 Å². The summed E-state index contributed by atoms with van der Waals surface area (Å²) < 4.78 is 33.7. The van der Waals surface area contributed by atoms with Crippen LogP contribution in [0.15, 0.2) is 72.9 Å². The quantitative estimate of drug-likeness (QED) is 0.0171. The highest BCUT2D eigenvalue weighted by Crippen LogP contribution is 2.27. The molecule has 0 radical (unpaired) electrons. The molecule has 11 atom stereocenters. The van der Waals surface area contributed by atoms with E-state index in [0.29, 0.717) is 19.3 Å². The molecule has 2 heterocycles. The van der Waals surface area contributed by atoms with Crippen molar-refractivity contribution in [3.8, 4) is 0 Å². The summed E-state index contributed by atoms with van der Waals surface area (Å²) in [6, 6.07) is 0. The van der Waals surface area contributed by atoms with Crippen molar-refractivity contribution in [3.63, 3.8) is 0 Å². The first-order chi connectivity index (χ1) is 38.0. The summed E-state index contributed by atoms with van der Waals surface area (Å²) in [7, 11) is 0. The van der Waals surface area contributed by atoms with Crippen LogP contribution < -0.4 is 0 Å². The Balaban J connectivity index is 1.76. The third-order valence-electron chi connectivity index (χ3n) is 14.2. The molecule has 0 spiro atoms. The van der Waals surface area contributed by atoms with Gasteiger partial charge in [0.05, 0.1) is 19.8 Å². The minimum absolute atomic E-state index is 0.108. The molecule has 78 heavy (non-hydrogen) atoms. The molecule has 4 unspecified atom stereocenters. The SMILES string of the molecule is CC/C=C/C/C=C/C/C=C/C/C=C/C/C=C/CCCCCC(=O)OC[C@H](CO[C@H]1O[C@@H](CO[C@H]2O[C@@H](CO)[C@@H](O)C(O)C2O)[C@@H](O)C(O)C1O)OC(=O)CCC/C=C/CCCCCCCCCCCCCCCCCCCC. The van der Waals surface area contributed by atoms with Crippen molar-refractivity contribution < 1.29 is 73.8 Å². The normalized spacial score (nSPS) is 24.5. The Hall–Kier alpha value is -3.06. The summed E-state index contributed by atoms with van der Waals surface area (Å²) in [5.41, 5.74) is 0. The van der Waals surface area contributed by atoms with Crippen LogP contribution >= 0.6 is 0 Å². The Kier molecular flexibility index (Phi) is 44.3. The molecule has 450 valence electrons. The molecule has 0 aromatic heterocycles. The Morgan fingerprint density at radius 2 is 0.821 bits per heavy atom. The van der Waals surface area contributed by atoms with Gasteiger partial charge in [-0.25, -0.2) is 0 Å². The molecule has 2 fully saturated rings. The monoisotopic (exact) mass is 1100 g/mol. The number of esters is 2. The zero-order valence-corrected chi connectivity index (χ0v) is 48.1. The third kappa shape index (κ3) is 34.9. The van der Waals surface area contributed by atoms with Crippen LogP contribution in [0, 0.1) is 0 Å². The van der Waals surface area contributed by atoms with Gasteiger partial charge >= 0.3 is 11.9 Å². The molecule has 7 N–H and O–H groups in total. The molecular formula is C63H108O15. The van der Waals surface area contributed by atoms with Gasteiger partial charge < -0.3 is 64.2 Å². The number of hydrogen-bond acceptors (Lipinski definition) is 15.